The molecule has 2 rings (SSSR count). The van der Waals surface area contributed by atoms with Gasteiger partial charge in [0.2, 0.25) is 5.91 Å². The summed E-state index contributed by atoms with van der Waals surface area (Å²) in [4.78, 5) is 22.2. The zero-order valence-corrected chi connectivity index (χ0v) is 13.0. The molecule has 0 aliphatic carbocycles. The van der Waals surface area contributed by atoms with Crippen molar-refractivity contribution in [3.63, 3.8) is 0 Å². The Bertz CT molecular complexity index is 711. The molecule has 0 unspecified atom stereocenters. The Hall–Kier alpha value is -2.90. The van der Waals surface area contributed by atoms with Crippen LogP contribution in [0.15, 0.2) is 30.3 Å². The van der Waals surface area contributed by atoms with E-state index in [0.29, 0.717) is 23.7 Å². The molecule has 1 heterocycles. The van der Waals surface area contributed by atoms with Crippen molar-refractivity contribution in [3.8, 4) is 5.75 Å². The number of amides is 1. The Morgan fingerprint density at radius 3 is 2.83 bits per heavy atom. The molecule has 0 aliphatic rings. The first-order valence-corrected chi connectivity index (χ1v) is 7.21. The van der Waals surface area contributed by atoms with E-state index in [9.17, 15) is 14.9 Å². The Labute approximate surface area is 133 Å². The Kier molecular flexibility index (Phi) is 5.29. The summed E-state index contributed by atoms with van der Waals surface area (Å²) in [5, 5.41) is 17.3. The standard InChI is InChI=1S/C15H18N4O4/c1-3-23-13-7-5-4-6-12(13)16-15(20)8-9-18-11(2)10-14(17-18)19(21)22/h4-7,10H,3,8-9H2,1-2H3,(H,16,20). The zero-order chi connectivity index (χ0) is 16.8. The second kappa shape index (κ2) is 7.39. The first-order chi connectivity index (χ1) is 11.0. The van der Waals surface area contributed by atoms with Crippen molar-refractivity contribution >= 4 is 17.4 Å². The van der Waals surface area contributed by atoms with Crippen LogP contribution in [0.1, 0.15) is 19.0 Å². The lowest BCUT2D eigenvalue weighted by atomic mass is 10.2. The van der Waals surface area contributed by atoms with E-state index in [4.69, 9.17) is 4.74 Å². The lowest BCUT2D eigenvalue weighted by Gasteiger charge is -2.11. The van der Waals surface area contributed by atoms with Crippen LogP contribution in [0.2, 0.25) is 0 Å². The number of nitrogens with one attached hydrogen (secondary N) is 1. The van der Waals surface area contributed by atoms with E-state index < -0.39 is 4.92 Å². The van der Waals surface area contributed by atoms with E-state index in [1.54, 1.807) is 25.1 Å². The van der Waals surface area contributed by atoms with Gasteiger partial charge in [-0.2, -0.15) is 4.68 Å². The molecule has 1 aromatic carbocycles. The number of anilines is 1. The average molecular weight is 318 g/mol. The quantitative estimate of drug-likeness (QED) is 0.624. The summed E-state index contributed by atoms with van der Waals surface area (Å²) in [7, 11) is 0. The van der Waals surface area contributed by atoms with Crippen molar-refractivity contribution in [2.24, 2.45) is 0 Å². The van der Waals surface area contributed by atoms with E-state index in [2.05, 4.69) is 10.4 Å². The third kappa shape index (κ3) is 4.29. The van der Waals surface area contributed by atoms with Crippen molar-refractivity contribution in [2.45, 2.75) is 26.8 Å². The van der Waals surface area contributed by atoms with Crippen molar-refractivity contribution in [3.05, 3.63) is 46.1 Å². The van der Waals surface area contributed by atoms with Gasteiger partial charge in [0.05, 0.1) is 35.7 Å². The molecule has 8 nitrogen and oxygen atoms in total. The molecular weight excluding hydrogens is 300 g/mol. The number of hydrogen-bond donors (Lipinski definition) is 1. The summed E-state index contributed by atoms with van der Waals surface area (Å²) in [5.41, 5.74) is 1.24. The highest BCUT2D eigenvalue weighted by Crippen LogP contribution is 2.23. The van der Waals surface area contributed by atoms with Crippen LogP contribution in [-0.2, 0) is 11.3 Å². The highest BCUT2D eigenvalue weighted by atomic mass is 16.6. The number of aromatic nitrogens is 2. The number of ether oxygens (including phenoxy) is 1. The van der Waals surface area contributed by atoms with Gasteiger partial charge in [-0.05, 0) is 30.9 Å². The molecular formula is C15H18N4O4. The number of aryl methyl sites for hydroxylation is 2. The van der Waals surface area contributed by atoms with Gasteiger partial charge in [-0.1, -0.05) is 12.1 Å². The third-order valence-electron chi connectivity index (χ3n) is 3.17. The van der Waals surface area contributed by atoms with Gasteiger partial charge in [0.1, 0.15) is 5.75 Å². The minimum Gasteiger partial charge on any atom is -0.492 e. The number of carbonyl (C=O) groups excluding carboxylic acids is 1. The van der Waals surface area contributed by atoms with Crippen LogP contribution in [-0.4, -0.2) is 27.2 Å². The predicted octanol–water partition coefficient (Wildman–Crippen LogP) is 2.53. The smallest absolute Gasteiger partial charge is 0.390 e. The van der Waals surface area contributed by atoms with Gasteiger partial charge in [0, 0.05) is 6.42 Å². The maximum atomic E-state index is 12.1. The molecule has 0 fully saturated rings. The van der Waals surface area contributed by atoms with E-state index in [-0.39, 0.29) is 24.7 Å². The zero-order valence-electron chi connectivity index (χ0n) is 13.0. The van der Waals surface area contributed by atoms with Gasteiger partial charge in [-0.15, -0.1) is 0 Å². The summed E-state index contributed by atoms with van der Waals surface area (Å²) >= 11 is 0. The molecule has 8 heteroatoms. The van der Waals surface area contributed by atoms with Gasteiger partial charge < -0.3 is 20.2 Å². The molecule has 23 heavy (non-hydrogen) atoms. The average Bonchev–Trinajstić information content (AvgIpc) is 2.89. The van der Waals surface area contributed by atoms with Gasteiger partial charge in [0.25, 0.3) is 0 Å². The van der Waals surface area contributed by atoms with E-state index in [1.807, 2.05) is 13.0 Å². The first kappa shape index (κ1) is 16.5. The Morgan fingerprint density at radius 2 is 2.17 bits per heavy atom. The molecule has 0 saturated carbocycles. The van der Waals surface area contributed by atoms with Crippen LogP contribution in [0.25, 0.3) is 0 Å². The number of hydrogen-bond acceptors (Lipinski definition) is 5. The number of rotatable bonds is 7. The lowest BCUT2D eigenvalue weighted by molar-refractivity contribution is -0.389. The fraction of sp³-hybridized carbons (Fsp3) is 0.333. The second-order valence-corrected chi connectivity index (χ2v) is 4.85. The van der Waals surface area contributed by atoms with E-state index in [0.717, 1.165) is 0 Å². The van der Waals surface area contributed by atoms with Crippen LogP contribution >= 0.6 is 0 Å². The molecule has 1 aromatic heterocycles. The number of benzene rings is 1. The Morgan fingerprint density at radius 1 is 1.43 bits per heavy atom. The molecule has 0 bridgehead atoms. The molecule has 122 valence electrons. The molecule has 0 saturated heterocycles. The van der Waals surface area contributed by atoms with Crippen molar-refractivity contribution in [1.29, 1.82) is 0 Å². The summed E-state index contributed by atoms with van der Waals surface area (Å²) in [6.07, 6.45) is 0.153. The molecule has 1 amide bonds. The number of nitrogens with zero attached hydrogens (tertiary/aromatic N) is 3. The van der Waals surface area contributed by atoms with Gasteiger partial charge in [0.15, 0.2) is 0 Å². The highest BCUT2D eigenvalue weighted by molar-refractivity contribution is 5.92. The number of carbonyl (C=O) groups is 1. The van der Waals surface area contributed by atoms with E-state index in [1.165, 1.54) is 10.7 Å². The summed E-state index contributed by atoms with van der Waals surface area (Å²) in [5.74, 6) is 0.175. The molecule has 1 N–H and O–H groups in total. The summed E-state index contributed by atoms with van der Waals surface area (Å²) in [6.45, 7) is 4.35. The lowest BCUT2D eigenvalue weighted by Crippen LogP contribution is -2.16. The monoisotopic (exact) mass is 318 g/mol. The van der Waals surface area contributed by atoms with Crippen molar-refractivity contribution in [2.75, 3.05) is 11.9 Å². The first-order valence-electron chi connectivity index (χ1n) is 7.21. The summed E-state index contributed by atoms with van der Waals surface area (Å²) < 4.78 is 6.89. The topological polar surface area (TPSA) is 99.3 Å². The number of nitro groups is 1. The normalized spacial score (nSPS) is 10.3. The minimum atomic E-state index is -0.554. The number of para-hydroxylation sites is 2. The van der Waals surface area contributed by atoms with Gasteiger partial charge in [-0.25, -0.2) is 0 Å². The Balaban J connectivity index is 1.97. The SMILES string of the molecule is CCOc1ccccc1NC(=O)CCn1nc([N+](=O)[O-])cc1C. The van der Waals surface area contributed by atoms with Crippen LogP contribution in [0, 0.1) is 17.0 Å². The second-order valence-electron chi connectivity index (χ2n) is 4.85. The van der Waals surface area contributed by atoms with Crippen LogP contribution in [0.3, 0.4) is 0 Å². The fourth-order valence-corrected chi connectivity index (χ4v) is 2.08. The van der Waals surface area contributed by atoms with Gasteiger partial charge >= 0.3 is 5.82 Å². The minimum absolute atomic E-state index is 0.153. The maximum Gasteiger partial charge on any atom is 0.390 e. The largest absolute Gasteiger partial charge is 0.492 e. The molecule has 2 aromatic rings. The van der Waals surface area contributed by atoms with Crippen molar-refractivity contribution in [1.82, 2.24) is 9.78 Å². The third-order valence-corrected chi connectivity index (χ3v) is 3.17. The molecule has 0 atom stereocenters. The molecule has 0 radical (unpaired) electrons. The van der Waals surface area contributed by atoms with Crippen molar-refractivity contribution < 1.29 is 14.5 Å². The maximum absolute atomic E-state index is 12.1. The predicted molar refractivity (Wildman–Crippen MR) is 84.5 cm³/mol. The fourth-order valence-electron chi connectivity index (χ4n) is 2.08. The highest BCUT2D eigenvalue weighted by Gasteiger charge is 2.16. The van der Waals surface area contributed by atoms with Crippen LogP contribution < -0.4 is 10.1 Å². The summed E-state index contributed by atoms with van der Waals surface area (Å²) in [6, 6.07) is 8.54. The van der Waals surface area contributed by atoms with E-state index >= 15 is 0 Å². The van der Waals surface area contributed by atoms with Crippen LogP contribution in [0.4, 0.5) is 11.5 Å². The van der Waals surface area contributed by atoms with Crippen LogP contribution in [0.5, 0.6) is 5.75 Å². The van der Waals surface area contributed by atoms with Gasteiger partial charge in [-0.3, -0.25) is 4.79 Å². The molecule has 0 spiro atoms. The molecule has 0 aliphatic heterocycles.